The van der Waals surface area contributed by atoms with Crippen molar-refractivity contribution in [2.75, 3.05) is 19.7 Å². The Labute approximate surface area is 361 Å². The third kappa shape index (κ3) is 14.5. The molecule has 0 saturated heterocycles. The van der Waals surface area contributed by atoms with Gasteiger partial charge in [0.05, 0.1) is 17.1 Å². The number of oxime groups is 1. The van der Waals surface area contributed by atoms with Crippen molar-refractivity contribution in [3.05, 3.63) is 90.0 Å². The van der Waals surface area contributed by atoms with E-state index in [9.17, 15) is 14.4 Å². The molecule has 61 heavy (non-hydrogen) atoms. The Morgan fingerprint density at radius 1 is 0.738 bits per heavy atom. The number of carbonyl (C=O) groups is 3. The van der Waals surface area contributed by atoms with Gasteiger partial charge in [0.25, 0.3) is 0 Å². The molecule has 0 bridgehead atoms. The van der Waals surface area contributed by atoms with Crippen LogP contribution in [0.5, 0.6) is 5.75 Å². The fraction of sp³-hybridized carbons (Fsp3) is 0.460. The van der Waals surface area contributed by atoms with Crippen molar-refractivity contribution in [1.82, 2.24) is 14.9 Å². The van der Waals surface area contributed by atoms with Crippen LogP contribution in [0.3, 0.4) is 0 Å². The van der Waals surface area contributed by atoms with Crippen LogP contribution in [-0.4, -0.2) is 75.4 Å². The normalized spacial score (nSPS) is 14.1. The third-order valence-corrected chi connectivity index (χ3v) is 9.93. The van der Waals surface area contributed by atoms with E-state index in [-0.39, 0.29) is 12.5 Å². The molecule has 1 unspecified atom stereocenters. The van der Waals surface area contributed by atoms with Crippen molar-refractivity contribution < 1.29 is 33.4 Å². The minimum absolute atomic E-state index is 0.0532. The number of rotatable bonds is 20. The monoisotopic (exact) mass is 832 g/mol. The molecule has 5 rings (SSSR count). The molecule has 0 saturated carbocycles. The van der Waals surface area contributed by atoms with Gasteiger partial charge in [-0.1, -0.05) is 106 Å². The lowest BCUT2D eigenvalue weighted by Gasteiger charge is -2.21. The van der Waals surface area contributed by atoms with E-state index >= 15 is 0 Å². The Balaban J connectivity index is 1.36. The van der Waals surface area contributed by atoms with E-state index in [1.54, 1.807) is 6.08 Å². The van der Waals surface area contributed by atoms with Gasteiger partial charge in [0.2, 0.25) is 12.0 Å². The summed E-state index contributed by atoms with van der Waals surface area (Å²) in [5, 5.41) is 4.19. The van der Waals surface area contributed by atoms with E-state index in [1.807, 2.05) is 125 Å². The van der Waals surface area contributed by atoms with Crippen LogP contribution in [0.25, 0.3) is 40.0 Å². The van der Waals surface area contributed by atoms with Crippen LogP contribution in [0.2, 0.25) is 0 Å². The summed E-state index contributed by atoms with van der Waals surface area (Å²) in [6, 6.07) is 23.3. The molecule has 1 aliphatic rings. The molecule has 11 nitrogen and oxygen atoms in total. The fourth-order valence-electron chi connectivity index (χ4n) is 6.84. The SMILES string of the molecule is CCCCCCN(CCCCCC)C(=O)/C=C/c1ccc(-c2[nH]c(-c3ccc(C4=NOC(C(=O)OC(C)(C)C)C4)cc3)nc2-c2ccc(OCC(=O)OC(C)(C)C)cc2)cc1. The molecule has 0 radical (unpaired) electrons. The Kier molecular flexibility index (Phi) is 16.5. The summed E-state index contributed by atoms with van der Waals surface area (Å²) in [4.78, 5) is 54.3. The second-order valence-corrected chi connectivity index (χ2v) is 17.6. The predicted octanol–water partition coefficient (Wildman–Crippen LogP) is 11.0. The number of nitrogens with zero attached hydrogens (tertiary/aromatic N) is 3. The smallest absolute Gasteiger partial charge is 0.351 e. The highest BCUT2D eigenvalue weighted by atomic mass is 16.7. The van der Waals surface area contributed by atoms with Gasteiger partial charge >= 0.3 is 11.9 Å². The molecule has 1 N–H and O–H groups in total. The molecule has 1 amide bonds. The molecule has 0 fully saturated rings. The maximum atomic E-state index is 13.4. The van der Waals surface area contributed by atoms with Crippen LogP contribution < -0.4 is 4.74 Å². The molecule has 3 aromatic carbocycles. The van der Waals surface area contributed by atoms with Gasteiger partial charge in [-0.25, -0.2) is 14.6 Å². The summed E-state index contributed by atoms with van der Waals surface area (Å²) in [5.74, 6) is 0.359. The zero-order chi connectivity index (χ0) is 44.0. The van der Waals surface area contributed by atoms with Crippen molar-refractivity contribution >= 4 is 29.6 Å². The first kappa shape index (κ1) is 46.4. The number of amides is 1. The number of imidazole rings is 1. The molecule has 2 heterocycles. The van der Waals surface area contributed by atoms with E-state index in [0.717, 1.165) is 78.0 Å². The summed E-state index contributed by atoms with van der Waals surface area (Å²) in [5.41, 5.74) is 5.35. The van der Waals surface area contributed by atoms with Crippen LogP contribution in [0.4, 0.5) is 0 Å². The van der Waals surface area contributed by atoms with E-state index in [0.29, 0.717) is 23.7 Å². The average molecular weight is 833 g/mol. The number of ether oxygens (including phenoxy) is 3. The van der Waals surface area contributed by atoms with Crippen LogP contribution in [0.15, 0.2) is 84.0 Å². The van der Waals surface area contributed by atoms with Gasteiger partial charge in [0.15, 0.2) is 6.61 Å². The largest absolute Gasteiger partial charge is 0.482 e. The average Bonchev–Trinajstić information content (AvgIpc) is 3.90. The summed E-state index contributed by atoms with van der Waals surface area (Å²) in [6.45, 7) is 16.7. The number of nitrogens with one attached hydrogen (secondary N) is 1. The number of esters is 2. The number of hydrogen-bond donors (Lipinski definition) is 1. The second-order valence-electron chi connectivity index (χ2n) is 17.6. The third-order valence-electron chi connectivity index (χ3n) is 9.93. The van der Waals surface area contributed by atoms with Crippen LogP contribution in [0, 0.1) is 0 Å². The number of aromatic nitrogens is 2. The zero-order valence-corrected chi connectivity index (χ0v) is 37.3. The standard InChI is InChI=1S/C50H64N4O7/c1-9-11-13-15-31-54(32-16-14-12-10-2)43(55)30-19-35-17-20-37(21-18-35)45-46(38-26-28-40(29-27-38)58-34-44(56)59-49(3,4)5)52-47(51-45)39-24-22-36(23-25-39)41-33-42(61-53-41)48(57)60-50(6,7)8/h17-30,42H,9-16,31-34H2,1-8H3,(H,51,52)/b30-19+. The molecule has 4 aromatic rings. The molecule has 326 valence electrons. The van der Waals surface area contributed by atoms with Gasteiger partial charge in [-0.3, -0.25) is 4.79 Å². The van der Waals surface area contributed by atoms with E-state index in [1.165, 1.54) is 25.7 Å². The highest BCUT2D eigenvalue weighted by molar-refractivity contribution is 6.03. The van der Waals surface area contributed by atoms with E-state index in [4.69, 9.17) is 24.0 Å². The van der Waals surface area contributed by atoms with Gasteiger partial charge in [-0.15, -0.1) is 0 Å². The zero-order valence-electron chi connectivity index (χ0n) is 37.3. The molecule has 1 aliphatic heterocycles. The Morgan fingerprint density at radius 3 is 1.90 bits per heavy atom. The maximum Gasteiger partial charge on any atom is 0.351 e. The summed E-state index contributed by atoms with van der Waals surface area (Å²) < 4.78 is 16.6. The van der Waals surface area contributed by atoms with Crippen LogP contribution in [-0.2, 0) is 28.7 Å². The highest BCUT2D eigenvalue weighted by Crippen LogP contribution is 2.35. The molecule has 0 spiro atoms. The maximum absolute atomic E-state index is 13.4. The van der Waals surface area contributed by atoms with Crippen LogP contribution >= 0.6 is 0 Å². The van der Waals surface area contributed by atoms with Gasteiger partial charge in [-0.2, -0.15) is 0 Å². The van der Waals surface area contributed by atoms with Gasteiger partial charge in [0.1, 0.15) is 22.8 Å². The van der Waals surface area contributed by atoms with Gasteiger partial charge in [0, 0.05) is 42.3 Å². The minimum atomic E-state index is -0.782. The first-order valence-corrected chi connectivity index (χ1v) is 21.8. The Morgan fingerprint density at radius 2 is 1.31 bits per heavy atom. The van der Waals surface area contributed by atoms with Gasteiger partial charge in [-0.05, 0) is 95.9 Å². The number of aromatic amines is 1. The van der Waals surface area contributed by atoms with Crippen molar-refractivity contribution in [3.8, 4) is 39.7 Å². The number of benzene rings is 3. The Bertz CT molecular complexity index is 2090. The molecular weight excluding hydrogens is 769 g/mol. The lowest BCUT2D eigenvalue weighted by Crippen LogP contribution is -2.32. The quantitative estimate of drug-likeness (QED) is 0.0529. The van der Waals surface area contributed by atoms with Crippen molar-refractivity contribution in [1.29, 1.82) is 0 Å². The lowest BCUT2D eigenvalue weighted by atomic mass is 10.0. The predicted molar refractivity (Wildman–Crippen MR) is 242 cm³/mol. The topological polar surface area (TPSA) is 132 Å². The van der Waals surface area contributed by atoms with Crippen molar-refractivity contribution in [3.63, 3.8) is 0 Å². The van der Waals surface area contributed by atoms with E-state index < -0.39 is 29.2 Å². The number of unbranched alkanes of at least 4 members (excludes halogenated alkanes) is 6. The lowest BCUT2D eigenvalue weighted by molar-refractivity contribution is -0.167. The first-order valence-electron chi connectivity index (χ1n) is 21.8. The molecule has 1 atom stereocenters. The molecule has 11 heteroatoms. The van der Waals surface area contributed by atoms with Crippen molar-refractivity contribution in [2.24, 2.45) is 5.16 Å². The minimum Gasteiger partial charge on any atom is -0.482 e. The summed E-state index contributed by atoms with van der Waals surface area (Å²) in [7, 11) is 0. The Hall–Kier alpha value is -5.71. The molecule has 1 aromatic heterocycles. The molecular formula is C50H64N4O7. The number of hydrogen-bond acceptors (Lipinski definition) is 9. The first-order chi connectivity index (χ1) is 29.1. The number of H-pyrrole nitrogens is 1. The summed E-state index contributed by atoms with van der Waals surface area (Å²) in [6.07, 6.45) is 12.2. The fourth-order valence-corrected chi connectivity index (χ4v) is 6.84. The second kappa shape index (κ2) is 21.7. The summed E-state index contributed by atoms with van der Waals surface area (Å²) >= 11 is 0. The van der Waals surface area contributed by atoms with E-state index in [2.05, 4.69) is 24.0 Å². The van der Waals surface area contributed by atoms with Crippen molar-refractivity contribution in [2.45, 2.75) is 130 Å². The molecule has 0 aliphatic carbocycles. The van der Waals surface area contributed by atoms with Crippen LogP contribution in [0.1, 0.15) is 124 Å². The highest BCUT2D eigenvalue weighted by Gasteiger charge is 2.33. The van der Waals surface area contributed by atoms with Gasteiger partial charge < -0.3 is 28.9 Å². The number of carbonyl (C=O) groups excluding carboxylic acids is 3.